The largest absolute Gasteiger partial charge is 0.355 e. The van der Waals surface area contributed by atoms with Crippen molar-refractivity contribution in [3.05, 3.63) is 52.1 Å². The Morgan fingerprint density at radius 3 is 2.56 bits per heavy atom. The number of fused-ring (bicyclic) bond motifs is 5. The fourth-order valence-corrected chi connectivity index (χ4v) is 8.60. The number of carbonyl (C=O) groups excluding carboxylic acids is 2. The molecule has 0 radical (unpaired) electrons. The summed E-state index contributed by atoms with van der Waals surface area (Å²) in [4.78, 5) is 37.8. The number of benzene rings is 1. The average molecular weight is 494 g/mol. The van der Waals surface area contributed by atoms with E-state index in [-0.39, 0.29) is 34.2 Å². The fourth-order valence-electron chi connectivity index (χ4n) is 8.60. The van der Waals surface area contributed by atoms with Crippen LogP contribution in [-0.4, -0.2) is 41.3 Å². The quantitative estimate of drug-likeness (QED) is 0.458. The van der Waals surface area contributed by atoms with E-state index in [4.69, 9.17) is 0 Å². The predicted octanol–water partition coefficient (Wildman–Crippen LogP) is 5.07. The third-order valence-electron chi connectivity index (χ3n) is 10.8. The Balaban J connectivity index is 1.25. The molecule has 2 amide bonds. The van der Waals surface area contributed by atoms with E-state index in [1.165, 1.54) is 37.8 Å². The van der Waals surface area contributed by atoms with Crippen molar-refractivity contribution in [3.8, 4) is 0 Å². The summed E-state index contributed by atoms with van der Waals surface area (Å²) in [6, 6.07) is 6.59. The second-order valence-electron chi connectivity index (χ2n) is 12.3. The summed E-state index contributed by atoms with van der Waals surface area (Å²) in [6.45, 7) is 7.39. The van der Waals surface area contributed by atoms with Crippen molar-refractivity contribution < 1.29 is 14.5 Å². The van der Waals surface area contributed by atoms with Crippen molar-refractivity contribution in [2.75, 3.05) is 13.6 Å². The van der Waals surface area contributed by atoms with Crippen LogP contribution in [0.2, 0.25) is 0 Å². The molecule has 0 saturated heterocycles. The van der Waals surface area contributed by atoms with Gasteiger partial charge in [-0.3, -0.25) is 19.7 Å². The van der Waals surface area contributed by atoms with Gasteiger partial charge in [0.25, 0.3) is 5.69 Å². The van der Waals surface area contributed by atoms with Gasteiger partial charge in [0.15, 0.2) is 0 Å². The van der Waals surface area contributed by atoms with E-state index in [0.717, 1.165) is 18.4 Å². The minimum Gasteiger partial charge on any atom is -0.355 e. The third kappa shape index (κ3) is 3.86. The molecule has 4 aliphatic rings. The number of hydrogen-bond donors (Lipinski definition) is 1. The molecule has 1 heterocycles. The molecule has 1 aromatic carbocycles. The van der Waals surface area contributed by atoms with Crippen molar-refractivity contribution in [1.29, 1.82) is 0 Å². The van der Waals surface area contributed by atoms with E-state index in [1.54, 1.807) is 18.2 Å². The fraction of sp³-hybridized carbons (Fsp3) is 0.655. The molecule has 0 bridgehead atoms. The summed E-state index contributed by atoms with van der Waals surface area (Å²) in [5.74, 6) is 2.19. The first kappa shape index (κ1) is 25.0. The van der Waals surface area contributed by atoms with E-state index in [2.05, 4.69) is 25.2 Å². The van der Waals surface area contributed by atoms with Crippen molar-refractivity contribution in [2.24, 2.45) is 34.5 Å². The Kier molecular flexibility index (Phi) is 6.24. The number of amides is 2. The van der Waals surface area contributed by atoms with Crippen LogP contribution in [0.25, 0.3) is 0 Å². The lowest BCUT2D eigenvalue weighted by Gasteiger charge is -2.60. The van der Waals surface area contributed by atoms with Crippen LogP contribution >= 0.6 is 0 Å². The maximum absolute atomic E-state index is 13.0. The van der Waals surface area contributed by atoms with Gasteiger partial charge in [-0.05, 0) is 86.2 Å². The first-order chi connectivity index (χ1) is 17.1. The molecule has 3 fully saturated rings. The summed E-state index contributed by atoms with van der Waals surface area (Å²) in [7, 11) is 1.97. The monoisotopic (exact) mass is 493 g/mol. The normalized spacial score (nSPS) is 38.1. The molecule has 3 saturated carbocycles. The molecule has 3 aliphatic carbocycles. The Labute approximate surface area is 213 Å². The highest BCUT2D eigenvalue weighted by molar-refractivity contribution is 5.89. The topological polar surface area (TPSA) is 92.6 Å². The van der Waals surface area contributed by atoms with Gasteiger partial charge in [-0.25, -0.2) is 0 Å². The van der Waals surface area contributed by atoms with Crippen LogP contribution in [0.15, 0.2) is 36.4 Å². The molecule has 7 nitrogen and oxygen atoms in total. The smallest absolute Gasteiger partial charge is 0.269 e. The standard InChI is InChI=1S/C29H39N3O4/c1-18(19-5-8-21(9-6-19)32(35)36)27(34)30-17-20-7-11-23-22-10-12-25-29(3,16-14-26(33)31(25)4)24(22)13-15-28(20,23)2/h5-6,8-9,14,16,18,20,22-25H,7,10-13,15,17H2,1-4H3,(H,30,34)/t18?,20?,22-,23-,24+,25?,28+,29+/m0/s1. The second kappa shape index (κ2) is 9.00. The maximum Gasteiger partial charge on any atom is 0.269 e. The van der Waals surface area contributed by atoms with E-state index in [9.17, 15) is 19.7 Å². The van der Waals surface area contributed by atoms with Crippen LogP contribution < -0.4 is 5.32 Å². The van der Waals surface area contributed by atoms with Crippen LogP contribution in [0.3, 0.4) is 0 Å². The van der Waals surface area contributed by atoms with Gasteiger partial charge in [0.1, 0.15) is 0 Å². The molecular formula is C29H39N3O4. The van der Waals surface area contributed by atoms with Crippen molar-refractivity contribution in [2.45, 2.75) is 71.3 Å². The number of nitrogens with zero attached hydrogens (tertiary/aromatic N) is 2. The highest BCUT2D eigenvalue weighted by Gasteiger charge is 2.60. The van der Waals surface area contributed by atoms with Crippen LogP contribution in [0.4, 0.5) is 5.69 Å². The van der Waals surface area contributed by atoms with Crippen molar-refractivity contribution in [1.82, 2.24) is 10.2 Å². The number of rotatable bonds is 5. The number of non-ortho nitro benzene ring substituents is 1. The molecule has 7 heteroatoms. The Bertz CT molecular complexity index is 1080. The van der Waals surface area contributed by atoms with Crippen LogP contribution in [0.1, 0.15) is 70.8 Å². The minimum absolute atomic E-state index is 0.0161. The number of likely N-dealkylation sites (N-methyl/N-ethyl adjacent to an activating group) is 1. The summed E-state index contributed by atoms with van der Waals surface area (Å²) < 4.78 is 0. The van der Waals surface area contributed by atoms with Gasteiger partial charge < -0.3 is 10.2 Å². The van der Waals surface area contributed by atoms with Gasteiger partial charge in [-0.2, -0.15) is 0 Å². The zero-order valence-electron chi connectivity index (χ0n) is 21.9. The lowest BCUT2D eigenvalue weighted by Crippen LogP contribution is -2.59. The molecule has 8 atom stereocenters. The van der Waals surface area contributed by atoms with Crippen LogP contribution in [0.5, 0.6) is 0 Å². The van der Waals surface area contributed by atoms with E-state index < -0.39 is 4.92 Å². The lowest BCUT2D eigenvalue weighted by molar-refractivity contribution is -0.384. The van der Waals surface area contributed by atoms with Crippen molar-refractivity contribution in [3.63, 3.8) is 0 Å². The Morgan fingerprint density at radius 2 is 1.86 bits per heavy atom. The zero-order valence-corrected chi connectivity index (χ0v) is 21.9. The van der Waals surface area contributed by atoms with Crippen LogP contribution in [-0.2, 0) is 9.59 Å². The molecule has 1 aliphatic heterocycles. The summed E-state index contributed by atoms with van der Waals surface area (Å²) in [5, 5.41) is 14.1. The van der Waals surface area contributed by atoms with E-state index >= 15 is 0 Å². The highest BCUT2D eigenvalue weighted by atomic mass is 16.6. The van der Waals surface area contributed by atoms with Gasteiger partial charge in [0, 0.05) is 37.2 Å². The molecule has 194 valence electrons. The number of nitro groups is 1. The molecule has 5 rings (SSSR count). The van der Waals surface area contributed by atoms with Gasteiger partial charge in [0.2, 0.25) is 11.8 Å². The summed E-state index contributed by atoms with van der Waals surface area (Å²) in [6.07, 6.45) is 11.0. The molecular weight excluding hydrogens is 454 g/mol. The van der Waals surface area contributed by atoms with E-state index in [0.29, 0.717) is 36.3 Å². The predicted molar refractivity (Wildman–Crippen MR) is 138 cm³/mol. The van der Waals surface area contributed by atoms with Crippen molar-refractivity contribution >= 4 is 17.5 Å². The maximum atomic E-state index is 13.0. The summed E-state index contributed by atoms with van der Waals surface area (Å²) in [5.41, 5.74) is 1.12. The number of carbonyl (C=O) groups is 2. The SMILES string of the molecule is CC(C(=O)NCC1CC[C@H]2[C@@H]3CCC4N(C)C(=O)C=C[C@]4(C)[C@@H]3CC[C@]12C)c1ccc([N+](=O)[O-])cc1. The average Bonchev–Trinajstić information content (AvgIpc) is 3.21. The number of hydrogen-bond acceptors (Lipinski definition) is 4. The molecule has 1 N–H and O–H groups in total. The Morgan fingerprint density at radius 1 is 1.14 bits per heavy atom. The highest BCUT2D eigenvalue weighted by Crippen LogP contribution is 2.65. The first-order valence-corrected chi connectivity index (χ1v) is 13.5. The van der Waals surface area contributed by atoms with Gasteiger partial charge in [-0.1, -0.05) is 32.1 Å². The minimum atomic E-state index is -0.421. The zero-order chi connectivity index (χ0) is 25.8. The lowest BCUT2D eigenvalue weighted by atomic mass is 9.47. The second-order valence-corrected chi connectivity index (χ2v) is 12.3. The van der Waals surface area contributed by atoms with Gasteiger partial charge in [0.05, 0.1) is 10.8 Å². The number of nitrogens with one attached hydrogen (secondary N) is 1. The molecule has 1 aromatic rings. The summed E-state index contributed by atoms with van der Waals surface area (Å²) >= 11 is 0. The van der Waals surface area contributed by atoms with Gasteiger partial charge in [-0.15, -0.1) is 0 Å². The van der Waals surface area contributed by atoms with Crippen LogP contribution in [0, 0.1) is 44.6 Å². The number of nitro benzene ring substituents is 1. The molecule has 3 unspecified atom stereocenters. The van der Waals surface area contributed by atoms with E-state index in [1.807, 2.05) is 18.9 Å². The third-order valence-corrected chi connectivity index (χ3v) is 10.8. The molecule has 36 heavy (non-hydrogen) atoms. The first-order valence-electron chi connectivity index (χ1n) is 13.5. The molecule has 0 spiro atoms. The Hall–Kier alpha value is -2.70. The molecule has 0 aromatic heterocycles. The van der Waals surface area contributed by atoms with Gasteiger partial charge >= 0.3 is 0 Å².